The molecule has 3 rings (SSSR count). The van der Waals surface area contributed by atoms with Crippen LogP contribution in [-0.4, -0.2) is 64.9 Å². The summed E-state index contributed by atoms with van der Waals surface area (Å²) in [5.74, 6) is -3.58. The van der Waals surface area contributed by atoms with Crippen molar-refractivity contribution in [2.45, 2.75) is 18.6 Å². The molecule has 1 atom stereocenters. The van der Waals surface area contributed by atoms with Crippen molar-refractivity contribution in [2.24, 2.45) is 0 Å². The van der Waals surface area contributed by atoms with Gasteiger partial charge in [0.15, 0.2) is 0 Å². The van der Waals surface area contributed by atoms with Crippen molar-refractivity contribution in [3.8, 4) is 11.1 Å². The van der Waals surface area contributed by atoms with Gasteiger partial charge in [-0.25, -0.2) is 14.6 Å². The Hall–Kier alpha value is -5.14. The minimum atomic E-state index is -5.08. The van der Waals surface area contributed by atoms with E-state index in [1.165, 1.54) is 0 Å². The number of alkyl halides is 3. The summed E-state index contributed by atoms with van der Waals surface area (Å²) in [5, 5.41) is 27.2. The maximum absolute atomic E-state index is 12.3. The molecule has 1 unspecified atom stereocenters. The maximum atomic E-state index is 12.3. The molecule has 11 nitrogen and oxygen atoms in total. The number of carboxylic acids is 2. The lowest BCUT2D eigenvalue weighted by molar-refractivity contribution is -0.192. The van der Waals surface area contributed by atoms with E-state index in [4.69, 9.17) is 9.90 Å². The van der Waals surface area contributed by atoms with E-state index in [2.05, 4.69) is 26.3 Å². The van der Waals surface area contributed by atoms with E-state index in [0.717, 1.165) is 11.1 Å². The van der Waals surface area contributed by atoms with Crippen molar-refractivity contribution in [3.63, 3.8) is 0 Å². The van der Waals surface area contributed by atoms with E-state index in [0.29, 0.717) is 24.5 Å². The lowest BCUT2D eigenvalue weighted by Crippen LogP contribution is -2.44. The summed E-state index contributed by atoms with van der Waals surface area (Å²) in [5.41, 5.74) is 2.69. The van der Waals surface area contributed by atoms with E-state index in [1.54, 1.807) is 18.3 Å². The molecule has 41 heavy (non-hydrogen) atoms. The second-order valence-corrected chi connectivity index (χ2v) is 8.26. The van der Waals surface area contributed by atoms with Gasteiger partial charge in [0.25, 0.3) is 0 Å². The fraction of sp³-hybridized carbons (Fsp3) is 0.222. The number of hydrogen-bond acceptors (Lipinski definition) is 6. The molecular formula is C27H28F3N5O6. The monoisotopic (exact) mass is 575 g/mol. The molecule has 0 aliphatic rings. The first-order valence-corrected chi connectivity index (χ1v) is 12.1. The van der Waals surface area contributed by atoms with Crippen LogP contribution in [0.5, 0.6) is 0 Å². The highest BCUT2D eigenvalue weighted by atomic mass is 19.4. The number of nitrogens with one attached hydrogen (secondary N) is 4. The highest BCUT2D eigenvalue weighted by Gasteiger charge is 2.38. The first-order valence-electron chi connectivity index (χ1n) is 12.1. The highest BCUT2D eigenvalue weighted by Crippen LogP contribution is 2.23. The molecule has 0 radical (unpaired) electrons. The van der Waals surface area contributed by atoms with Gasteiger partial charge >= 0.3 is 24.1 Å². The van der Waals surface area contributed by atoms with Crippen LogP contribution in [0, 0.1) is 0 Å². The normalized spacial score (nSPS) is 11.2. The Morgan fingerprint density at radius 2 is 1.41 bits per heavy atom. The molecular weight excluding hydrogens is 547 g/mol. The number of aliphatic carboxylic acids is 2. The number of anilines is 1. The van der Waals surface area contributed by atoms with Crippen molar-refractivity contribution >= 4 is 29.7 Å². The summed E-state index contributed by atoms with van der Waals surface area (Å²) in [7, 11) is 0. The summed E-state index contributed by atoms with van der Waals surface area (Å²) < 4.78 is 31.7. The largest absolute Gasteiger partial charge is 0.490 e. The van der Waals surface area contributed by atoms with Gasteiger partial charge in [0.05, 0.1) is 19.0 Å². The van der Waals surface area contributed by atoms with Gasteiger partial charge < -0.3 is 31.5 Å². The zero-order valence-corrected chi connectivity index (χ0v) is 21.5. The number of carboxylic acid groups (broad SMARTS) is 2. The van der Waals surface area contributed by atoms with Crippen LogP contribution in [0.3, 0.4) is 0 Å². The molecule has 0 bridgehead atoms. The molecule has 218 valence electrons. The number of rotatable bonds is 11. The number of urea groups is 1. The molecule has 0 saturated heterocycles. The van der Waals surface area contributed by atoms with Gasteiger partial charge in [0.1, 0.15) is 5.82 Å². The summed E-state index contributed by atoms with van der Waals surface area (Å²) in [6.07, 6.45) is -3.70. The molecule has 0 saturated carbocycles. The molecule has 6 N–H and O–H groups in total. The quantitative estimate of drug-likeness (QED) is 0.189. The Kier molecular flexibility index (Phi) is 12.6. The number of hydrogen-bond donors (Lipinski definition) is 6. The zero-order valence-electron chi connectivity index (χ0n) is 21.5. The number of halogens is 3. The number of nitrogens with zero attached hydrogens (tertiary/aromatic N) is 1. The van der Waals surface area contributed by atoms with E-state index in [1.807, 2.05) is 60.7 Å². The molecule has 1 heterocycles. The number of aromatic nitrogens is 1. The molecule has 3 amide bonds. The van der Waals surface area contributed by atoms with Crippen LogP contribution in [0.4, 0.5) is 23.8 Å². The number of benzene rings is 2. The van der Waals surface area contributed by atoms with Crippen LogP contribution >= 0.6 is 0 Å². The highest BCUT2D eigenvalue weighted by molar-refractivity contribution is 5.84. The second-order valence-electron chi connectivity index (χ2n) is 8.26. The van der Waals surface area contributed by atoms with Crippen LogP contribution in [0.1, 0.15) is 18.0 Å². The van der Waals surface area contributed by atoms with Gasteiger partial charge in [-0.15, -0.1) is 0 Å². The number of pyridine rings is 1. The predicted molar refractivity (Wildman–Crippen MR) is 143 cm³/mol. The fourth-order valence-corrected chi connectivity index (χ4v) is 3.27. The average Bonchev–Trinajstić information content (AvgIpc) is 2.94. The van der Waals surface area contributed by atoms with Crippen molar-refractivity contribution < 1.29 is 42.6 Å². The lowest BCUT2D eigenvalue weighted by Gasteiger charge is -2.18. The minimum absolute atomic E-state index is 0.276. The molecule has 2 aromatic carbocycles. The Morgan fingerprint density at radius 3 is 1.98 bits per heavy atom. The average molecular weight is 576 g/mol. The lowest BCUT2D eigenvalue weighted by atomic mass is 9.99. The number of carbonyl (C=O) groups excluding carboxylic acids is 2. The fourth-order valence-electron chi connectivity index (χ4n) is 3.27. The molecule has 3 aromatic rings. The van der Waals surface area contributed by atoms with Crippen molar-refractivity contribution in [1.29, 1.82) is 0 Å². The topological polar surface area (TPSA) is 170 Å². The van der Waals surface area contributed by atoms with E-state index >= 15 is 0 Å². The molecule has 0 spiro atoms. The van der Waals surface area contributed by atoms with Crippen LogP contribution in [0.2, 0.25) is 0 Å². The molecule has 1 aromatic heterocycles. The minimum Gasteiger partial charge on any atom is -0.481 e. The molecule has 0 aliphatic carbocycles. The van der Waals surface area contributed by atoms with E-state index in [-0.39, 0.29) is 13.0 Å². The molecule has 0 aliphatic heterocycles. The van der Waals surface area contributed by atoms with Gasteiger partial charge in [-0.1, -0.05) is 60.7 Å². The summed E-state index contributed by atoms with van der Waals surface area (Å²) in [6.45, 7) is 0.521. The summed E-state index contributed by atoms with van der Waals surface area (Å²) in [4.78, 5) is 48.6. The number of carbonyl (C=O) groups is 4. The third-order valence-electron chi connectivity index (χ3n) is 5.17. The Morgan fingerprint density at radius 1 is 0.805 bits per heavy atom. The third-order valence-corrected chi connectivity index (χ3v) is 5.17. The summed E-state index contributed by atoms with van der Waals surface area (Å²) in [6, 6.07) is 21.4. The van der Waals surface area contributed by atoms with Crippen molar-refractivity contribution in [3.05, 3.63) is 84.6 Å². The molecule has 0 fully saturated rings. The first kappa shape index (κ1) is 32.1. The van der Waals surface area contributed by atoms with Gasteiger partial charge in [-0.2, -0.15) is 13.2 Å². The first-order chi connectivity index (χ1) is 19.5. The van der Waals surface area contributed by atoms with Crippen LogP contribution in [-0.2, 0) is 14.4 Å². The van der Waals surface area contributed by atoms with E-state index < -0.39 is 36.1 Å². The van der Waals surface area contributed by atoms with Gasteiger partial charge in [0, 0.05) is 19.3 Å². The third kappa shape index (κ3) is 12.5. The molecule has 14 heteroatoms. The van der Waals surface area contributed by atoms with E-state index in [9.17, 15) is 32.7 Å². The Bertz CT molecular complexity index is 1280. The summed E-state index contributed by atoms with van der Waals surface area (Å²) >= 11 is 0. The SMILES string of the molecule is O=C(O)C(F)(F)F.O=C(O)CC(NC(=O)CNC(=O)NCCNc1ccccn1)c1ccc(-c2ccccc2)cc1. The second kappa shape index (κ2) is 16.1. The Labute approximate surface area is 232 Å². The Balaban J connectivity index is 0.000000745. The standard InChI is InChI=1S/C25H27N5O4.C2HF3O2/c31-23(17-29-25(34)28-15-14-27-22-8-4-5-13-26-22)30-21(16-24(32)33)20-11-9-19(10-12-20)18-6-2-1-3-7-18;3-2(4,5)1(6)7/h1-13,21H,14-17H2,(H,26,27)(H,30,31)(H,32,33)(H2,28,29,34);(H,6,7). The van der Waals surface area contributed by atoms with Gasteiger partial charge in [0.2, 0.25) is 5.91 Å². The van der Waals surface area contributed by atoms with Crippen molar-refractivity contribution in [2.75, 3.05) is 25.0 Å². The van der Waals surface area contributed by atoms with Crippen LogP contribution in [0.25, 0.3) is 11.1 Å². The van der Waals surface area contributed by atoms with Gasteiger partial charge in [-0.3, -0.25) is 9.59 Å². The van der Waals surface area contributed by atoms with Crippen LogP contribution in [0.15, 0.2) is 79.0 Å². The number of amides is 3. The zero-order chi connectivity index (χ0) is 30.3. The predicted octanol–water partition coefficient (Wildman–Crippen LogP) is 3.43. The van der Waals surface area contributed by atoms with Crippen LogP contribution < -0.4 is 21.3 Å². The smallest absolute Gasteiger partial charge is 0.481 e. The van der Waals surface area contributed by atoms with Crippen molar-refractivity contribution in [1.82, 2.24) is 20.9 Å². The van der Waals surface area contributed by atoms with Gasteiger partial charge in [-0.05, 0) is 28.8 Å². The maximum Gasteiger partial charge on any atom is 0.490 e.